The van der Waals surface area contributed by atoms with E-state index in [0.29, 0.717) is 0 Å². The van der Waals surface area contributed by atoms with Gasteiger partial charge in [0.15, 0.2) is 5.82 Å². The number of rotatable bonds is 5. The molecule has 0 unspecified atom stereocenters. The molecule has 24 heavy (non-hydrogen) atoms. The van der Waals surface area contributed by atoms with Crippen LogP contribution in [-0.4, -0.2) is 19.8 Å². The van der Waals surface area contributed by atoms with Gasteiger partial charge in [0.05, 0.1) is 5.75 Å². The lowest BCUT2D eigenvalue weighted by atomic mass is 10.2. The Hall–Kier alpha value is -2.25. The Labute approximate surface area is 146 Å². The van der Waals surface area contributed by atoms with Gasteiger partial charge in [0.25, 0.3) is 0 Å². The van der Waals surface area contributed by atoms with Crippen LogP contribution >= 0.6 is 23.1 Å². The van der Waals surface area contributed by atoms with Crippen molar-refractivity contribution in [2.75, 3.05) is 0 Å². The molecule has 0 radical (unpaired) electrons. The fourth-order valence-electron chi connectivity index (χ4n) is 2.32. The van der Waals surface area contributed by atoms with Crippen molar-refractivity contribution in [1.82, 2.24) is 19.8 Å². The summed E-state index contributed by atoms with van der Waals surface area (Å²) in [5, 5.41) is 13.7. The van der Waals surface area contributed by atoms with Crippen molar-refractivity contribution in [2.24, 2.45) is 0 Å². The molecule has 7 heteroatoms. The van der Waals surface area contributed by atoms with Gasteiger partial charge in [-0.2, -0.15) is 9.61 Å². The van der Waals surface area contributed by atoms with E-state index in [1.807, 2.05) is 24.3 Å². The number of aromatic nitrogens is 4. The maximum atomic E-state index is 13.4. The van der Waals surface area contributed by atoms with Crippen LogP contribution in [0, 0.1) is 5.82 Å². The van der Waals surface area contributed by atoms with Gasteiger partial charge < -0.3 is 0 Å². The Bertz CT molecular complexity index is 965. The summed E-state index contributed by atoms with van der Waals surface area (Å²) in [7, 11) is 0. The van der Waals surface area contributed by atoms with Crippen molar-refractivity contribution in [3.63, 3.8) is 0 Å². The molecule has 4 nitrogen and oxygen atoms in total. The standard InChI is InChI=1S/C17H13FN4S2/c18-14-8-4-7-13(9-14)16-21-22-15(19-20-17(22)24-16)11-23-10-12-5-2-1-3-6-12/h1-9H,10-11H2. The molecule has 0 spiro atoms. The fraction of sp³-hybridized carbons (Fsp3) is 0.118. The summed E-state index contributed by atoms with van der Waals surface area (Å²) in [6.07, 6.45) is 0. The molecule has 0 aliphatic carbocycles. The molecule has 2 heterocycles. The lowest BCUT2D eigenvalue weighted by Crippen LogP contribution is -1.94. The van der Waals surface area contributed by atoms with Crippen molar-refractivity contribution in [3.05, 3.63) is 71.8 Å². The number of fused-ring (bicyclic) bond motifs is 1. The first-order valence-corrected chi connectivity index (χ1v) is 9.35. The Morgan fingerprint density at radius 3 is 2.71 bits per heavy atom. The lowest BCUT2D eigenvalue weighted by molar-refractivity contribution is 0.628. The third kappa shape index (κ3) is 3.18. The Kier molecular flexibility index (Phi) is 4.27. The van der Waals surface area contributed by atoms with Gasteiger partial charge in [-0.1, -0.05) is 53.8 Å². The summed E-state index contributed by atoms with van der Waals surface area (Å²) in [6, 6.07) is 16.7. The minimum absolute atomic E-state index is 0.267. The molecule has 120 valence electrons. The molecular formula is C17H13FN4S2. The van der Waals surface area contributed by atoms with E-state index in [2.05, 4.69) is 27.4 Å². The zero-order chi connectivity index (χ0) is 16.4. The molecule has 2 aromatic heterocycles. The number of thioether (sulfide) groups is 1. The van der Waals surface area contributed by atoms with Crippen molar-refractivity contribution in [2.45, 2.75) is 11.5 Å². The Morgan fingerprint density at radius 1 is 1.00 bits per heavy atom. The highest BCUT2D eigenvalue weighted by Crippen LogP contribution is 2.27. The van der Waals surface area contributed by atoms with E-state index in [1.54, 1.807) is 22.3 Å². The van der Waals surface area contributed by atoms with Crippen LogP contribution in [0.5, 0.6) is 0 Å². The highest BCUT2D eigenvalue weighted by Gasteiger charge is 2.13. The van der Waals surface area contributed by atoms with Gasteiger partial charge in [-0.3, -0.25) is 0 Å². The quantitative estimate of drug-likeness (QED) is 0.531. The zero-order valence-corrected chi connectivity index (χ0v) is 14.2. The van der Waals surface area contributed by atoms with Gasteiger partial charge in [0, 0.05) is 11.3 Å². The monoisotopic (exact) mass is 356 g/mol. The molecule has 0 saturated carbocycles. The molecule has 0 aliphatic heterocycles. The second kappa shape index (κ2) is 6.70. The number of halogens is 1. The van der Waals surface area contributed by atoms with Crippen molar-refractivity contribution < 1.29 is 4.39 Å². The largest absolute Gasteiger partial charge is 0.235 e. The van der Waals surface area contributed by atoms with Gasteiger partial charge in [-0.25, -0.2) is 4.39 Å². The number of nitrogens with zero attached hydrogens (tertiary/aromatic N) is 4. The summed E-state index contributed by atoms with van der Waals surface area (Å²) in [5.74, 6) is 2.18. The number of benzene rings is 2. The van der Waals surface area contributed by atoms with Crippen LogP contribution in [0.4, 0.5) is 4.39 Å². The van der Waals surface area contributed by atoms with Gasteiger partial charge in [-0.15, -0.1) is 22.0 Å². The van der Waals surface area contributed by atoms with Crippen molar-refractivity contribution in [3.8, 4) is 10.6 Å². The maximum Gasteiger partial charge on any atom is 0.235 e. The molecular weight excluding hydrogens is 343 g/mol. The van der Waals surface area contributed by atoms with Gasteiger partial charge in [-0.05, 0) is 17.7 Å². The van der Waals surface area contributed by atoms with Crippen molar-refractivity contribution >= 4 is 28.1 Å². The number of hydrogen-bond donors (Lipinski definition) is 0. The molecule has 0 saturated heterocycles. The van der Waals surface area contributed by atoms with E-state index in [0.717, 1.165) is 32.9 Å². The van der Waals surface area contributed by atoms with Crippen LogP contribution in [-0.2, 0) is 11.5 Å². The van der Waals surface area contributed by atoms with E-state index in [1.165, 1.54) is 29.0 Å². The van der Waals surface area contributed by atoms with E-state index in [-0.39, 0.29) is 5.82 Å². The van der Waals surface area contributed by atoms with Crippen LogP contribution in [0.3, 0.4) is 0 Å². The van der Waals surface area contributed by atoms with Gasteiger partial charge >= 0.3 is 0 Å². The average Bonchev–Trinajstić information content (AvgIpc) is 3.18. The van der Waals surface area contributed by atoms with Gasteiger partial charge in [0.1, 0.15) is 10.8 Å². The molecule has 0 bridgehead atoms. The third-order valence-electron chi connectivity index (χ3n) is 3.47. The first kappa shape index (κ1) is 15.3. The summed E-state index contributed by atoms with van der Waals surface area (Å²) < 4.78 is 15.1. The van der Waals surface area contributed by atoms with Gasteiger partial charge in [0.2, 0.25) is 4.96 Å². The van der Waals surface area contributed by atoms with E-state index < -0.39 is 0 Å². The lowest BCUT2D eigenvalue weighted by Gasteiger charge is -2.00. The van der Waals surface area contributed by atoms with Crippen LogP contribution in [0.25, 0.3) is 15.5 Å². The maximum absolute atomic E-state index is 13.4. The second-order valence-electron chi connectivity index (χ2n) is 5.21. The molecule has 0 fully saturated rings. The topological polar surface area (TPSA) is 43.1 Å². The molecule has 2 aromatic carbocycles. The normalized spacial score (nSPS) is 11.2. The minimum atomic E-state index is -0.267. The summed E-state index contributed by atoms with van der Waals surface area (Å²) in [5.41, 5.74) is 2.04. The number of hydrogen-bond acceptors (Lipinski definition) is 5. The molecule has 0 N–H and O–H groups in total. The Morgan fingerprint density at radius 2 is 1.88 bits per heavy atom. The molecule has 0 amide bonds. The summed E-state index contributed by atoms with van der Waals surface area (Å²) in [4.78, 5) is 0.726. The van der Waals surface area contributed by atoms with Crippen LogP contribution in [0.1, 0.15) is 11.4 Å². The summed E-state index contributed by atoms with van der Waals surface area (Å²) >= 11 is 3.18. The predicted molar refractivity (Wildman–Crippen MR) is 95.5 cm³/mol. The smallest absolute Gasteiger partial charge is 0.207 e. The zero-order valence-electron chi connectivity index (χ0n) is 12.6. The molecule has 0 atom stereocenters. The fourth-order valence-corrected chi connectivity index (χ4v) is 4.07. The van der Waals surface area contributed by atoms with Crippen LogP contribution in [0.2, 0.25) is 0 Å². The van der Waals surface area contributed by atoms with E-state index in [9.17, 15) is 4.39 Å². The molecule has 4 aromatic rings. The molecule has 0 aliphatic rings. The highest BCUT2D eigenvalue weighted by atomic mass is 32.2. The second-order valence-corrected chi connectivity index (χ2v) is 7.15. The minimum Gasteiger partial charge on any atom is -0.207 e. The Balaban J connectivity index is 1.52. The average molecular weight is 356 g/mol. The first-order valence-electron chi connectivity index (χ1n) is 7.38. The summed E-state index contributed by atoms with van der Waals surface area (Å²) in [6.45, 7) is 0. The SMILES string of the molecule is Fc1cccc(-c2nn3c(CSCc4ccccc4)nnc3s2)c1. The van der Waals surface area contributed by atoms with Crippen LogP contribution in [0.15, 0.2) is 54.6 Å². The molecule has 4 rings (SSSR count). The van der Waals surface area contributed by atoms with E-state index >= 15 is 0 Å². The highest BCUT2D eigenvalue weighted by molar-refractivity contribution is 7.97. The van der Waals surface area contributed by atoms with Crippen molar-refractivity contribution in [1.29, 1.82) is 0 Å². The third-order valence-corrected chi connectivity index (χ3v) is 5.42. The van der Waals surface area contributed by atoms with Crippen LogP contribution < -0.4 is 0 Å². The van der Waals surface area contributed by atoms with E-state index in [4.69, 9.17) is 0 Å². The predicted octanol–water partition coefficient (Wildman–Crippen LogP) is 4.43. The first-order chi connectivity index (χ1) is 11.8.